The summed E-state index contributed by atoms with van der Waals surface area (Å²) in [4.78, 5) is 0. The zero-order valence-corrected chi connectivity index (χ0v) is 13.0. The third kappa shape index (κ3) is 3.30. The fourth-order valence-electron chi connectivity index (χ4n) is 3.08. The van der Waals surface area contributed by atoms with Crippen molar-refractivity contribution in [2.75, 3.05) is 13.2 Å². The largest absolute Gasteiger partial charge is 0.459 e. The fraction of sp³-hybridized carbons (Fsp3) is 0.556. The molecule has 0 aliphatic carbocycles. The Hall–Kier alpha value is -1.32. The molecule has 2 unspecified atom stereocenters. The van der Waals surface area contributed by atoms with Gasteiger partial charge in [0, 0.05) is 12.0 Å². The molecule has 1 aliphatic rings. The van der Waals surface area contributed by atoms with Crippen LogP contribution in [0.15, 0.2) is 28.7 Å². The molecule has 2 heterocycles. The molecule has 1 fully saturated rings. The van der Waals surface area contributed by atoms with E-state index in [1.54, 1.807) is 0 Å². The molecule has 1 aromatic heterocycles. The summed E-state index contributed by atoms with van der Waals surface area (Å²) in [5.74, 6) is 1.01. The molecule has 0 bridgehead atoms. The molecule has 21 heavy (non-hydrogen) atoms. The molecule has 114 valence electrons. The van der Waals surface area contributed by atoms with Crippen LogP contribution in [-0.2, 0) is 4.74 Å². The average Bonchev–Trinajstić information content (AvgIpc) is 2.91. The SMILES string of the molecule is CCCNC(c1cc2cc(C)ccc2o1)C1CCCCO1. The topological polar surface area (TPSA) is 34.4 Å². The first-order valence-electron chi connectivity index (χ1n) is 8.13. The van der Waals surface area contributed by atoms with Crippen LogP contribution in [0, 0.1) is 6.92 Å². The van der Waals surface area contributed by atoms with E-state index >= 15 is 0 Å². The number of hydrogen-bond donors (Lipinski definition) is 1. The van der Waals surface area contributed by atoms with Gasteiger partial charge in [-0.15, -0.1) is 0 Å². The monoisotopic (exact) mass is 287 g/mol. The van der Waals surface area contributed by atoms with E-state index in [1.165, 1.54) is 23.8 Å². The van der Waals surface area contributed by atoms with Crippen molar-refractivity contribution in [2.24, 2.45) is 0 Å². The number of rotatable bonds is 5. The molecule has 3 rings (SSSR count). The smallest absolute Gasteiger partial charge is 0.134 e. The van der Waals surface area contributed by atoms with Gasteiger partial charge in [-0.05, 0) is 57.4 Å². The molecule has 3 heteroatoms. The predicted molar refractivity (Wildman–Crippen MR) is 85.6 cm³/mol. The van der Waals surface area contributed by atoms with Gasteiger partial charge in [0.15, 0.2) is 0 Å². The number of benzene rings is 1. The molecule has 0 radical (unpaired) electrons. The van der Waals surface area contributed by atoms with Crippen LogP contribution in [0.5, 0.6) is 0 Å². The van der Waals surface area contributed by atoms with E-state index < -0.39 is 0 Å². The Balaban J connectivity index is 1.88. The minimum absolute atomic E-state index is 0.165. The van der Waals surface area contributed by atoms with Crippen molar-refractivity contribution in [3.8, 4) is 0 Å². The highest BCUT2D eigenvalue weighted by Gasteiger charge is 2.28. The highest BCUT2D eigenvalue weighted by molar-refractivity contribution is 5.78. The van der Waals surface area contributed by atoms with E-state index in [0.717, 1.165) is 37.3 Å². The molecule has 2 atom stereocenters. The third-order valence-corrected chi connectivity index (χ3v) is 4.20. The van der Waals surface area contributed by atoms with Crippen molar-refractivity contribution in [3.05, 3.63) is 35.6 Å². The first kappa shape index (κ1) is 14.6. The number of furan rings is 1. The molecule has 3 nitrogen and oxygen atoms in total. The Morgan fingerprint density at radius 2 is 2.19 bits per heavy atom. The lowest BCUT2D eigenvalue weighted by Gasteiger charge is -2.30. The van der Waals surface area contributed by atoms with Gasteiger partial charge in [0.05, 0.1) is 12.1 Å². The van der Waals surface area contributed by atoms with E-state index in [1.807, 2.05) is 0 Å². The molecule has 0 amide bonds. The maximum Gasteiger partial charge on any atom is 0.134 e. The van der Waals surface area contributed by atoms with Crippen LogP contribution in [0.1, 0.15) is 50.0 Å². The molecule has 1 aliphatic heterocycles. The van der Waals surface area contributed by atoms with Crippen LogP contribution in [-0.4, -0.2) is 19.3 Å². The summed E-state index contributed by atoms with van der Waals surface area (Å²) in [6.45, 7) is 6.16. The second-order valence-corrected chi connectivity index (χ2v) is 6.03. The summed E-state index contributed by atoms with van der Waals surface area (Å²) in [6, 6.07) is 8.68. The first-order valence-corrected chi connectivity index (χ1v) is 8.13. The fourth-order valence-corrected chi connectivity index (χ4v) is 3.08. The summed E-state index contributed by atoms with van der Waals surface area (Å²) in [5, 5.41) is 4.80. The van der Waals surface area contributed by atoms with Crippen LogP contribution in [0.4, 0.5) is 0 Å². The van der Waals surface area contributed by atoms with Gasteiger partial charge in [0.1, 0.15) is 11.3 Å². The number of hydrogen-bond acceptors (Lipinski definition) is 3. The maximum absolute atomic E-state index is 6.09. The molecular formula is C18H25NO2. The molecule has 0 saturated carbocycles. The van der Waals surface area contributed by atoms with E-state index in [0.29, 0.717) is 0 Å². The van der Waals surface area contributed by atoms with Crippen molar-refractivity contribution < 1.29 is 9.15 Å². The Labute approximate surface area is 126 Å². The highest BCUT2D eigenvalue weighted by Crippen LogP contribution is 2.31. The predicted octanol–water partition coefficient (Wildman–Crippen LogP) is 4.35. The Bertz CT molecular complexity index is 584. The van der Waals surface area contributed by atoms with Gasteiger partial charge >= 0.3 is 0 Å². The Kier molecular flexibility index (Phi) is 4.61. The van der Waals surface area contributed by atoms with Crippen molar-refractivity contribution in [2.45, 2.75) is 51.7 Å². The van der Waals surface area contributed by atoms with Gasteiger partial charge in [-0.2, -0.15) is 0 Å². The van der Waals surface area contributed by atoms with Crippen LogP contribution in [0.3, 0.4) is 0 Å². The van der Waals surface area contributed by atoms with Crippen LogP contribution in [0.25, 0.3) is 11.0 Å². The Morgan fingerprint density at radius 1 is 1.29 bits per heavy atom. The summed E-state index contributed by atoms with van der Waals surface area (Å²) < 4.78 is 12.1. The summed E-state index contributed by atoms with van der Waals surface area (Å²) in [5.41, 5.74) is 2.23. The quantitative estimate of drug-likeness (QED) is 0.887. The molecule has 0 spiro atoms. The number of nitrogens with one attached hydrogen (secondary N) is 1. The first-order chi connectivity index (χ1) is 10.3. The normalized spacial score (nSPS) is 20.8. The second-order valence-electron chi connectivity index (χ2n) is 6.03. The minimum Gasteiger partial charge on any atom is -0.459 e. The van der Waals surface area contributed by atoms with Gasteiger partial charge in [0.25, 0.3) is 0 Å². The highest BCUT2D eigenvalue weighted by atomic mass is 16.5. The lowest BCUT2D eigenvalue weighted by molar-refractivity contribution is -0.0122. The van der Waals surface area contributed by atoms with Crippen LogP contribution < -0.4 is 5.32 Å². The van der Waals surface area contributed by atoms with Crippen molar-refractivity contribution >= 4 is 11.0 Å². The average molecular weight is 287 g/mol. The van der Waals surface area contributed by atoms with Crippen molar-refractivity contribution in [3.63, 3.8) is 0 Å². The van der Waals surface area contributed by atoms with Gasteiger partial charge < -0.3 is 14.5 Å². The number of ether oxygens (including phenoxy) is 1. The zero-order valence-electron chi connectivity index (χ0n) is 13.0. The number of fused-ring (bicyclic) bond motifs is 1. The van der Waals surface area contributed by atoms with Gasteiger partial charge in [-0.25, -0.2) is 0 Å². The molecule has 1 aromatic carbocycles. The Morgan fingerprint density at radius 3 is 2.95 bits per heavy atom. The van der Waals surface area contributed by atoms with Crippen molar-refractivity contribution in [1.82, 2.24) is 5.32 Å². The summed E-state index contributed by atoms with van der Waals surface area (Å²) >= 11 is 0. The van der Waals surface area contributed by atoms with E-state index in [9.17, 15) is 0 Å². The molecule has 1 saturated heterocycles. The molecule has 2 aromatic rings. The standard InChI is InChI=1S/C18H25NO2/c1-3-9-19-18(16-6-4-5-10-20-16)17-12-14-11-13(2)7-8-15(14)21-17/h7-8,11-12,16,18-19H,3-6,9-10H2,1-2H3. The van der Waals surface area contributed by atoms with Gasteiger partial charge in [0.2, 0.25) is 0 Å². The zero-order chi connectivity index (χ0) is 14.7. The third-order valence-electron chi connectivity index (χ3n) is 4.20. The maximum atomic E-state index is 6.09. The van der Waals surface area contributed by atoms with E-state index in [-0.39, 0.29) is 12.1 Å². The van der Waals surface area contributed by atoms with E-state index in [2.05, 4.69) is 43.4 Å². The summed E-state index contributed by atoms with van der Waals surface area (Å²) in [6.07, 6.45) is 4.87. The van der Waals surface area contributed by atoms with Gasteiger partial charge in [-0.1, -0.05) is 18.6 Å². The van der Waals surface area contributed by atoms with Crippen molar-refractivity contribution in [1.29, 1.82) is 0 Å². The summed E-state index contributed by atoms with van der Waals surface area (Å²) in [7, 11) is 0. The van der Waals surface area contributed by atoms with E-state index in [4.69, 9.17) is 9.15 Å². The molecular weight excluding hydrogens is 262 g/mol. The van der Waals surface area contributed by atoms with Crippen LogP contribution >= 0.6 is 0 Å². The van der Waals surface area contributed by atoms with Crippen LogP contribution in [0.2, 0.25) is 0 Å². The molecule has 1 N–H and O–H groups in total. The number of aryl methyl sites for hydroxylation is 1. The lowest BCUT2D eigenvalue weighted by atomic mass is 9.99. The van der Waals surface area contributed by atoms with Gasteiger partial charge in [-0.3, -0.25) is 0 Å². The second kappa shape index (κ2) is 6.63. The minimum atomic E-state index is 0.165. The lowest BCUT2D eigenvalue weighted by Crippen LogP contribution is -2.36.